The van der Waals surface area contributed by atoms with Crippen molar-refractivity contribution >= 4 is 45.3 Å². The normalized spacial score (nSPS) is 10.6. The zero-order valence-electron chi connectivity index (χ0n) is 17.6. The second-order valence-corrected chi connectivity index (χ2v) is 8.63. The average molecular weight is 523 g/mol. The van der Waals surface area contributed by atoms with E-state index in [9.17, 15) is 9.59 Å². The van der Waals surface area contributed by atoms with Crippen LogP contribution in [-0.4, -0.2) is 39.5 Å². The Balaban J connectivity index is 1.59. The summed E-state index contributed by atoms with van der Waals surface area (Å²) >= 11 is 4.84. The van der Waals surface area contributed by atoms with Crippen LogP contribution in [0, 0.1) is 0 Å². The van der Waals surface area contributed by atoms with E-state index in [-0.39, 0.29) is 11.7 Å². The Hall–Kier alpha value is -3.43. The van der Waals surface area contributed by atoms with Gasteiger partial charge in [-0.1, -0.05) is 76.2 Å². The minimum atomic E-state index is -0.513. The van der Waals surface area contributed by atoms with Crippen LogP contribution in [0.2, 0.25) is 0 Å². The number of carbonyl (C=O) groups is 2. The highest BCUT2D eigenvalue weighted by Crippen LogP contribution is 2.32. The molecule has 9 heteroatoms. The third-order valence-electron chi connectivity index (χ3n) is 4.70. The van der Waals surface area contributed by atoms with Gasteiger partial charge >= 0.3 is 5.97 Å². The van der Waals surface area contributed by atoms with Crippen molar-refractivity contribution in [3.63, 3.8) is 0 Å². The number of nitrogens with one attached hydrogen (secondary N) is 1. The highest BCUT2D eigenvalue weighted by molar-refractivity contribution is 9.10. The van der Waals surface area contributed by atoms with Gasteiger partial charge in [0.1, 0.15) is 0 Å². The molecule has 0 fully saturated rings. The van der Waals surface area contributed by atoms with Crippen LogP contribution in [-0.2, 0) is 9.53 Å². The molecule has 0 spiro atoms. The fraction of sp³-hybridized carbons (Fsp3) is 0.0833. The van der Waals surface area contributed by atoms with Gasteiger partial charge in [0.15, 0.2) is 11.0 Å². The minimum Gasteiger partial charge on any atom is -0.465 e. The minimum absolute atomic E-state index is 0.0798. The van der Waals surface area contributed by atoms with Crippen LogP contribution in [0.15, 0.2) is 88.5 Å². The standard InChI is InChI=1S/C24H19BrN4O3S/c1-32-23(31)18-12-6-8-14-20(18)26-21(30)15-33-24-28-27-22(17-11-5-7-13-19(17)25)29(24)16-9-3-2-4-10-16/h2-14H,15H2,1H3,(H,26,30). The van der Waals surface area contributed by atoms with Crippen molar-refractivity contribution in [2.75, 3.05) is 18.2 Å². The summed E-state index contributed by atoms with van der Waals surface area (Å²) in [6.45, 7) is 0. The predicted octanol–water partition coefficient (Wildman–Crippen LogP) is 5.21. The van der Waals surface area contributed by atoms with E-state index in [0.717, 1.165) is 15.7 Å². The number of carbonyl (C=O) groups excluding carboxylic acids is 2. The highest BCUT2D eigenvalue weighted by atomic mass is 79.9. The number of amides is 1. The molecule has 1 amide bonds. The van der Waals surface area contributed by atoms with Crippen molar-refractivity contribution in [3.8, 4) is 17.1 Å². The fourth-order valence-electron chi connectivity index (χ4n) is 3.19. The number of benzene rings is 3. The van der Waals surface area contributed by atoms with Gasteiger partial charge in [-0.15, -0.1) is 10.2 Å². The van der Waals surface area contributed by atoms with Gasteiger partial charge in [-0.3, -0.25) is 9.36 Å². The fourth-order valence-corrected chi connectivity index (χ4v) is 4.40. The molecule has 0 aliphatic heterocycles. The van der Waals surface area contributed by atoms with Gasteiger partial charge in [-0.25, -0.2) is 4.79 Å². The topological polar surface area (TPSA) is 86.1 Å². The van der Waals surface area contributed by atoms with Gasteiger partial charge in [0.25, 0.3) is 0 Å². The molecule has 33 heavy (non-hydrogen) atoms. The van der Waals surface area contributed by atoms with Crippen molar-refractivity contribution in [3.05, 3.63) is 88.9 Å². The molecule has 1 aromatic heterocycles. The Bertz CT molecular complexity index is 1290. The van der Waals surface area contributed by atoms with Crippen LogP contribution >= 0.6 is 27.7 Å². The van der Waals surface area contributed by atoms with Crippen LogP contribution in [0.3, 0.4) is 0 Å². The summed E-state index contributed by atoms with van der Waals surface area (Å²) in [6, 6.07) is 24.2. The Morgan fingerprint density at radius 1 is 0.970 bits per heavy atom. The van der Waals surface area contributed by atoms with Crippen LogP contribution in [0.25, 0.3) is 17.1 Å². The lowest BCUT2D eigenvalue weighted by molar-refractivity contribution is -0.113. The van der Waals surface area contributed by atoms with Gasteiger partial charge in [0.05, 0.1) is 24.1 Å². The third-order valence-corrected chi connectivity index (χ3v) is 6.32. The molecule has 3 aromatic carbocycles. The van der Waals surface area contributed by atoms with E-state index < -0.39 is 5.97 Å². The first-order valence-electron chi connectivity index (χ1n) is 9.94. The maximum Gasteiger partial charge on any atom is 0.339 e. The number of halogens is 1. The molecular formula is C24H19BrN4O3S. The number of aromatic nitrogens is 3. The van der Waals surface area contributed by atoms with Gasteiger partial charge in [0.2, 0.25) is 5.91 Å². The number of thioether (sulfide) groups is 1. The Morgan fingerprint density at radius 3 is 2.42 bits per heavy atom. The van der Waals surface area contributed by atoms with E-state index in [4.69, 9.17) is 4.74 Å². The number of hydrogen-bond donors (Lipinski definition) is 1. The first kappa shape index (κ1) is 22.8. The van der Waals surface area contributed by atoms with Crippen LogP contribution in [0.5, 0.6) is 0 Å². The van der Waals surface area contributed by atoms with E-state index in [1.165, 1.54) is 18.9 Å². The molecule has 0 saturated carbocycles. The maximum atomic E-state index is 12.7. The number of para-hydroxylation sites is 2. The van der Waals surface area contributed by atoms with Gasteiger partial charge in [-0.05, 0) is 30.3 Å². The lowest BCUT2D eigenvalue weighted by atomic mass is 10.2. The number of rotatable bonds is 7. The average Bonchev–Trinajstić information content (AvgIpc) is 3.27. The summed E-state index contributed by atoms with van der Waals surface area (Å²) in [4.78, 5) is 24.6. The Kier molecular flexibility index (Phi) is 7.21. The maximum absolute atomic E-state index is 12.7. The molecule has 7 nitrogen and oxygen atoms in total. The first-order valence-corrected chi connectivity index (χ1v) is 11.7. The molecule has 0 unspecified atom stereocenters. The summed E-state index contributed by atoms with van der Waals surface area (Å²) in [6.07, 6.45) is 0. The van der Waals surface area contributed by atoms with Gasteiger partial charge < -0.3 is 10.1 Å². The molecule has 0 atom stereocenters. The van der Waals surface area contributed by atoms with Crippen molar-refractivity contribution in [2.24, 2.45) is 0 Å². The van der Waals surface area contributed by atoms with Crippen molar-refractivity contribution < 1.29 is 14.3 Å². The molecule has 4 aromatic rings. The number of anilines is 1. The molecule has 1 N–H and O–H groups in total. The summed E-state index contributed by atoms with van der Waals surface area (Å²) in [7, 11) is 1.30. The number of esters is 1. The molecule has 0 aliphatic rings. The summed E-state index contributed by atoms with van der Waals surface area (Å²) in [5, 5.41) is 12.1. The molecular weight excluding hydrogens is 504 g/mol. The Morgan fingerprint density at radius 2 is 1.67 bits per heavy atom. The van der Waals surface area contributed by atoms with Crippen molar-refractivity contribution in [2.45, 2.75) is 5.16 Å². The second kappa shape index (κ2) is 10.5. The smallest absolute Gasteiger partial charge is 0.339 e. The molecule has 0 saturated heterocycles. The second-order valence-electron chi connectivity index (χ2n) is 6.83. The lowest BCUT2D eigenvalue weighted by Crippen LogP contribution is -2.17. The van der Waals surface area contributed by atoms with E-state index in [1.54, 1.807) is 24.3 Å². The zero-order chi connectivity index (χ0) is 23.2. The van der Waals surface area contributed by atoms with Crippen LogP contribution in [0.4, 0.5) is 5.69 Å². The molecule has 0 aliphatic carbocycles. The first-order chi connectivity index (χ1) is 16.1. The van der Waals surface area contributed by atoms with Crippen molar-refractivity contribution in [1.29, 1.82) is 0 Å². The number of methoxy groups -OCH3 is 1. The van der Waals surface area contributed by atoms with E-state index in [2.05, 4.69) is 31.4 Å². The molecule has 166 valence electrons. The number of ether oxygens (including phenoxy) is 1. The lowest BCUT2D eigenvalue weighted by Gasteiger charge is -2.12. The SMILES string of the molecule is COC(=O)c1ccccc1NC(=O)CSc1nnc(-c2ccccc2Br)n1-c1ccccc1. The van der Waals surface area contributed by atoms with Crippen LogP contribution in [0.1, 0.15) is 10.4 Å². The van der Waals surface area contributed by atoms with Crippen molar-refractivity contribution in [1.82, 2.24) is 14.8 Å². The number of hydrogen-bond acceptors (Lipinski definition) is 6. The zero-order valence-corrected chi connectivity index (χ0v) is 20.0. The molecule has 4 rings (SSSR count). The van der Waals surface area contributed by atoms with E-state index >= 15 is 0 Å². The van der Waals surface area contributed by atoms with Gasteiger partial charge in [-0.2, -0.15) is 0 Å². The summed E-state index contributed by atoms with van der Waals surface area (Å²) in [5.41, 5.74) is 2.46. The summed E-state index contributed by atoms with van der Waals surface area (Å²) < 4.78 is 7.60. The predicted molar refractivity (Wildman–Crippen MR) is 132 cm³/mol. The van der Waals surface area contributed by atoms with E-state index in [0.29, 0.717) is 22.2 Å². The quantitative estimate of drug-likeness (QED) is 0.264. The largest absolute Gasteiger partial charge is 0.465 e. The molecule has 1 heterocycles. The summed E-state index contributed by atoms with van der Waals surface area (Å²) in [5.74, 6) is -0.0503. The highest BCUT2D eigenvalue weighted by Gasteiger charge is 2.19. The van der Waals surface area contributed by atoms with Gasteiger partial charge in [0, 0.05) is 15.7 Å². The Labute approximate surface area is 203 Å². The van der Waals surface area contributed by atoms with E-state index in [1.807, 2.05) is 59.2 Å². The monoisotopic (exact) mass is 522 g/mol. The van der Waals surface area contributed by atoms with Crippen LogP contribution < -0.4 is 5.32 Å². The molecule has 0 bridgehead atoms. The number of nitrogens with zero attached hydrogens (tertiary/aromatic N) is 3. The third kappa shape index (κ3) is 5.15. The molecule has 0 radical (unpaired) electrons.